The first-order valence-corrected chi connectivity index (χ1v) is 11.4. The lowest BCUT2D eigenvalue weighted by Crippen LogP contribution is -2.34. The van der Waals surface area contributed by atoms with Gasteiger partial charge in [0.15, 0.2) is 0 Å². The molecule has 4 rings (SSSR count). The van der Waals surface area contributed by atoms with E-state index >= 15 is 0 Å². The third-order valence-corrected chi connectivity index (χ3v) is 5.92. The van der Waals surface area contributed by atoms with Crippen molar-refractivity contribution in [3.8, 4) is 22.8 Å². The van der Waals surface area contributed by atoms with Crippen molar-refractivity contribution in [1.29, 1.82) is 0 Å². The van der Waals surface area contributed by atoms with Crippen LogP contribution in [0.25, 0.3) is 17.1 Å². The number of para-hydroxylation sites is 2. The molecule has 1 heterocycles. The van der Waals surface area contributed by atoms with Gasteiger partial charge in [-0.3, -0.25) is 4.79 Å². The molecule has 166 valence electrons. The number of nitrogens with one attached hydrogen (secondary N) is 2. The molecule has 0 saturated carbocycles. The number of nitrogens with zero attached hydrogens (tertiary/aromatic N) is 3. The molecule has 0 fully saturated rings. The van der Waals surface area contributed by atoms with E-state index < -0.39 is 0 Å². The fourth-order valence-electron chi connectivity index (χ4n) is 3.26. The Morgan fingerprint density at radius 2 is 1.76 bits per heavy atom. The molecular formula is C25H24N5O2S+. The highest BCUT2D eigenvalue weighted by Crippen LogP contribution is 2.21. The highest BCUT2D eigenvalue weighted by molar-refractivity contribution is 7.99. The molecule has 8 heteroatoms. The van der Waals surface area contributed by atoms with Crippen molar-refractivity contribution >= 4 is 23.4 Å². The number of aryl methyl sites for hydroxylation is 1. The van der Waals surface area contributed by atoms with Gasteiger partial charge in [0.1, 0.15) is 11.4 Å². The Labute approximate surface area is 196 Å². The second kappa shape index (κ2) is 10.1. The van der Waals surface area contributed by atoms with E-state index in [9.17, 15) is 9.90 Å². The zero-order chi connectivity index (χ0) is 23.2. The number of hydrogen-bond donors (Lipinski definition) is 3. The number of aromatic nitrogens is 3. The van der Waals surface area contributed by atoms with Gasteiger partial charge in [0, 0.05) is 5.56 Å². The normalized spacial score (nSPS) is 11.4. The number of thioether (sulfide) groups is 1. The van der Waals surface area contributed by atoms with Crippen LogP contribution in [0.15, 0.2) is 89.1 Å². The van der Waals surface area contributed by atoms with Crippen LogP contribution in [0.5, 0.6) is 5.75 Å². The van der Waals surface area contributed by atoms with E-state index in [-0.39, 0.29) is 17.4 Å². The van der Waals surface area contributed by atoms with Gasteiger partial charge in [0.2, 0.25) is 0 Å². The van der Waals surface area contributed by atoms with Crippen molar-refractivity contribution in [2.45, 2.75) is 19.0 Å². The van der Waals surface area contributed by atoms with Gasteiger partial charge >= 0.3 is 5.16 Å². The lowest BCUT2D eigenvalue weighted by Gasteiger charge is -2.05. The number of aromatic amines is 1. The minimum Gasteiger partial charge on any atom is -0.507 e. The van der Waals surface area contributed by atoms with Gasteiger partial charge in [0.05, 0.1) is 22.1 Å². The molecule has 0 bridgehead atoms. The summed E-state index contributed by atoms with van der Waals surface area (Å²) in [6.45, 7) is 3.78. The first-order chi connectivity index (χ1) is 16.0. The zero-order valence-electron chi connectivity index (χ0n) is 18.3. The molecule has 0 unspecified atom stereocenters. The maximum absolute atomic E-state index is 12.5. The summed E-state index contributed by atoms with van der Waals surface area (Å²) in [6, 6.07) is 24.9. The van der Waals surface area contributed by atoms with Gasteiger partial charge in [-0.05, 0) is 62.0 Å². The molecule has 0 radical (unpaired) electrons. The van der Waals surface area contributed by atoms with Crippen LogP contribution in [0.2, 0.25) is 0 Å². The molecular weight excluding hydrogens is 434 g/mol. The second-order valence-electron chi connectivity index (χ2n) is 7.43. The largest absolute Gasteiger partial charge is 0.507 e. The fraction of sp³-hybridized carbons (Fsp3) is 0.120. The number of rotatable bonds is 7. The van der Waals surface area contributed by atoms with Gasteiger partial charge in [-0.1, -0.05) is 48.0 Å². The lowest BCUT2D eigenvalue weighted by atomic mass is 10.1. The van der Waals surface area contributed by atoms with Crippen LogP contribution < -0.4 is 9.99 Å². The number of carbonyl (C=O) groups excluding carboxylic acids is 1. The van der Waals surface area contributed by atoms with Crippen molar-refractivity contribution in [3.63, 3.8) is 0 Å². The number of phenolic OH excluding ortho intramolecular Hbond substituents is 1. The van der Waals surface area contributed by atoms with Crippen molar-refractivity contribution in [1.82, 2.24) is 15.6 Å². The monoisotopic (exact) mass is 458 g/mol. The zero-order valence-corrected chi connectivity index (χ0v) is 19.1. The minimum absolute atomic E-state index is 0.117. The predicted molar refractivity (Wildman–Crippen MR) is 129 cm³/mol. The molecule has 0 aliphatic carbocycles. The number of hydrogen-bond acceptors (Lipinski definition) is 5. The summed E-state index contributed by atoms with van der Waals surface area (Å²) < 4.78 is 2.00. The quantitative estimate of drug-likeness (QED) is 0.169. The molecule has 0 aliphatic rings. The van der Waals surface area contributed by atoms with Crippen LogP contribution in [0.4, 0.5) is 0 Å². The van der Waals surface area contributed by atoms with Crippen LogP contribution >= 0.6 is 11.8 Å². The van der Waals surface area contributed by atoms with Gasteiger partial charge < -0.3 is 5.11 Å². The number of hydrazone groups is 1. The van der Waals surface area contributed by atoms with Crippen molar-refractivity contribution < 1.29 is 14.5 Å². The van der Waals surface area contributed by atoms with E-state index in [1.807, 2.05) is 54.0 Å². The molecule has 3 N–H and O–H groups in total. The molecule has 1 amide bonds. The minimum atomic E-state index is -0.269. The average molecular weight is 459 g/mol. The Kier molecular flexibility index (Phi) is 6.85. The van der Waals surface area contributed by atoms with Crippen molar-refractivity contribution in [2.75, 3.05) is 5.75 Å². The SMILES string of the molecule is CC(=NNC(=O)CSc1n[nH]c(-c2ccc(C)cc2)[n+]1-c1ccccc1)c1ccccc1O. The predicted octanol–water partition coefficient (Wildman–Crippen LogP) is 4.00. The third-order valence-electron chi connectivity index (χ3n) is 4.99. The van der Waals surface area contributed by atoms with Crippen LogP contribution in [0.1, 0.15) is 18.1 Å². The average Bonchev–Trinajstić information content (AvgIpc) is 3.26. The molecule has 7 nitrogen and oxygen atoms in total. The van der Waals surface area contributed by atoms with Gasteiger partial charge in [-0.25, -0.2) is 5.43 Å². The molecule has 1 aromatic heterocycles. The fourth-order valence-corrected chi connectivity index (χ4v) is 4.02. The van der Waals surface area contributed by atoms with E-state index in [0.717, 1.165) is 17.1 Å². The summed E-state index contributed by atoms with van der Waals surface area (Å²) in [4.78, 5) is 12.5. The summed E-state index contributed by atoms with van der Waals surface area (Å²) in [5.74, 6) is 0.806. The highest BCUT2D eigenvalue weighted by Gasteiger charge is 2.24. The maximum atomic E-state index is 12.5. The molecule has 0 saturated heterocycles. The number of carbonyl (C=O) groups is 1. The summed E-state index contributed by atoms with van der Waals surface area (Å²) in [5.41, 5.74) is 6.76. The third kappa shape index (κ3) is 5.30. The Balaban J connectivity index is 1.52. The first-order valence-electron chi connectivity index (χ1n) is 10.4. The smallest absolute Gasteiger partial charge is 0.342 e. The van der Waals surface area contributed by atoms with E-state index in [0.29, 0.717) is 16.4 Å². The second-order valence-corrected chi connectivity index (χ2v) is 8.37. The molecule has 0 spiro atoms. The van der Waals surface area contributed by atoms with Crippen LogP contribution in [0, 0.1) is 6.92 Å². The molecule has 0 atom stereocenters. The summed E-state index contributed by atoms with van der Waals surface area (Å²) >= 11 is 1.31. The first kappa shape index (κ1) is 22.3. The lowest BCUT2D eigenvalue weighted by molar-refractivity contribution is -0.625. The van der Waals surface area contributed by atoms with Crippen LogP contribution in [-0.4, -0.2) is 32.7 Å². The molecule has 0 aliphatic heterocycles. The highest BCUT2D eigenvalue weighted by atomic mass is 32.2. The Morgan fingerprint density at radius 1 is 1.06 bits per heavy atom. The number of amides is 1. The van der Waals surface area contributed by atoms with Crippen molar-refractivity contribution in [2.24, 2.45) is 5.10 Å². The van der Waals surface area contributed by atoms with E-state index in [1.54, 1.807) is 31.2 Å². The van der Waals surface area contributed by atoms with E-state index in [4.69, 9.17) is 0 Å². The molecule has 4 aromatic rings. The standard InChI is InChI=1S/C25H23N5O2S/c1-17-12-14-19(15-13-17)24-28-29-25(30(24)20-8-4-3-5-9-20)33-16-23(32)27-26-18(2)21-10-6-7-11-22(21)31/h3-15H,16H2,1-2H3,(H2,26,27,31,32)/p+1. The summed E-state index contributed by atoms with van der Waals surface area (Å²) in [6.07, 6.45) is 0. The number of benzene rings is 3. The van der Waals surface area contributed by atoms with Gasteiger partial charge in [-0.15, -0.1) is 5.10 Å². The summed E-state index contributed by atoms with van der Waals surface area (Å²) in [7, 11) is 0. The van der Waals surface area contributed by atoms with Gasteiger partial charge in [-0.2, -0.15) is 9.67 Å². The molecule has 3 aromatic carbocycles. The molecule has 33 heavy (non-hydrogen) atoms. The van der Waals surface area contributed by atoms with Crippen LogP contribution in [0.3, 0.4) is 0 Å². The van der Waals surface area contributed by atoms with Crippen LogP contribution in [-0.2, 0) is 4.79 Å². The Bertz CT molecular complexity index is 1280. The van der Waals surface area contributed by atoms with Crippen molar-refractivity contribution in [3.05, 3.63) is 90.0 Å². The number of aromatic hydroxyl groups is 1. The number of phenols is 1. The van der Waals surface area contributed by atoms with E-state index in [2.05, 4.69) is 32.9 Å². The Morgan fingerprint density at radius 3 is 2.48 bits per heavy atom. The topological polar surface area (TPSA) is 94.2 Å². The van der Waals surface area contributed by atoms with Gasteiger partial charge in [0.25, 0.3) is 11.7 Å². The maximum Gasteiger partial charge on any atom is 0.342 e. The van der Waals surface area contributed by atoms with E-state index in [1.165, 1.54) is 17.3 Å². The number of H-pyrrole nitrogens is 1. The Hall–Kier alpha value is -3.91. The summed E-state index contributed by atoms with van der Waals surface area (Å²) in [5, 5.41) is 22.3.